The van der Waals surface area contributed by atoms with Gasteiger partial charge in [0.05, 0.1) is 6.61 Å². The molecule has 150 valence electrons. The molecule has 2 nitrogen and oxygen atoms in total. The minimum Gasteiger partial charge on any atom is -0.494 e. The molecular formula is C23H32F2O2. The molecule has 0 aromatic rings. The van der Waals surface area contributed by atoms with Crippen molar-refractivity contribution in [1.29, 1.82) is 0 Å². The van der Waals surface area contributed by atoms with Gasteiger partial charge in [0.25, 0.3) is 0 Å². The Morgan fingerprint density at radius 3 is 2.22 bits per heavy atom. The predicted octanol–water partition coefficient (Wildman–Crippen LogP) is 6.94. The third-order valence-electron chi connectivity index (χ3n) is 4.27. The van der Waals surface area contributed by atoms with E-state index >= 15 is 0 Å². The number of unbranched alkanes of at least 4 members (excludes halogenated alkanes) is 1. The Kier molecular flexibility index (Phi) is 11.9. The first-order valence-electron chi connectivity index (χ1n) is 9.23. The number of aldehydes is 1. The van der Waals surface area contributed by atoms with Gasteiger partial charge in [-0.2, -0.15) is 0 Å². The number of hydrogen-bond acceptors (Lipinski definition) is 2. The van der Waals surface area contributed by atoms with Gasteiger partial charge < -0.3 is 9.53 Å². The highest BCUT2D eigenvalue weighted by atomic mass is 19.2. The second-order valence-electron chi connectivity index (χ2n) is 6.75. The van der Waals surface area contributed by atoms with Gasteiger partial charge in [-0.05, 0) is 42.4 Å². The van der Waals surface area contributed by atoms with E-state index in [-0.39, 0.29) is 28.6 Å². The third kappa shape index (κ3) is 9.32. The van der Waals surface area contributed by atoms with Gasteiger partial charge in [0.15, 0.2) is 11.7 Å². The molecule has 0 aliphatic rings. The van der Waals surface area contributed by atoms with E-state index in [1.54, 1.807) is 19.9 Å². The summed E-state index contributed by atoms with van der Waals surface area (Å²) in [5.41, 5.74) is 0.119. The van der Waals surface area contributed by atoms with Crippen LogP contribution < -0.4 is 0 Å². The molecule has 0 amide bonds. The van der Waals surface area contributed by atoms with Gasteiger partial charge in [0.1, 0.15) is 12.0 Å². The number of ether oxygens (including phenoxy) is 1. The lowest BCUT2D eigenvalue weighted by atomic mass is 9.91. The Labute approximate surface area is 162 Å². The summed E-state index contributed by atoms with van der Waals surface area (Å²) in [6, 6.07) is 0. The normalized spacial score (nSPS) is 14.3. The van der Waals surface area contributed by atoms with Crippen molar-refractivity contribution in [2.45, 2.75) is 46.5 Å². The fourth-order valence-corrected chi connectivity index (χ4v) is 2.08. The van der Waals surface area contributed by atoms with Crippen molar-refractivity contribution in [1.82, 2.24) is 0 Å². The van der Waals surface area contributed by atoms with Crippen molar-refractivity contribution in [3.63, 3.8) is 0 Å². The molecule has 0 radical (unpaired) electrons. The highest BCUT2D eigenvalue weighted by Gasteiger charge is 2.19. The standard InChI is InChI=1S/C23H32F2O2/c1-8-9-14-27-19(5)13-12-18(4)21(7)23(25)22(24)20(6)17(3)11-10-16(2)15-26/h12-13,15-17H,4-11,14H2,1-3H3/b13-12-,23-22-. The minimum atomic E-state index is -1.08. The molecule has 0 aromatic carbocycles. The lowest BCUT2D eigenvalue weighted by molar-refractivity contribution is -0.110. The van der Waals surface area contributed by atoms with E-state index in [1.165, 1.54) is 6.08 Å². The summed E-state index contributed by atoms with van der Waals surface area (Å²) in [6.07, 6.45) is 6.94. The monoisotopic (exact) mass is 378 g/mol. The zero-order valence-electron chi connectivity index (χ0n) is 16.8. The summed E-state index contributed by atoms with van der Waals surface area (Å²) in [5, 5.41) is 0. The van der Waals surface area contributed by atoms with Gasteiger partial charge in [-0.3, -0.25) is 0 Å². The van der Waals surface area contributed by atoms with Crippen LogP contribution in [0.4, 0.5) is 8.78 Å². The van der Waals surface area contributed by atoms with Crippen LogP contribution in [-0.2, 0) is 9.53 Å². The summed E-state index contributed by atoms with van der Waals surface area (Å²) in [5.74, 6) is -2.10. The first-order valence-corrected chi connectivity index (χ1v) is 9.23. The number of rotatable bonds is 14. The second kappa shape index (κ2) is 13.0. The molecule has 0 spiro atoms. The van der Waals surface area contributed by atoms with Gasteiger partial charge >= 0.3 is 0 Å². The summed E-state index contributed by atoms with van der Waals surface area (Å²) >= 11 is 0. The molecule has 0 aliphatic heterocycles. The molecule has 0 bridgehead atoms. The minimum absolute atomic E-state index is 0.0517. The van der Waals surface area contributed by atoms with Crippen molar-refractivity contribution >= 4 is 6.29 Å². The molecular weight excluding hydrogens is 346 g/mol. The van der Waals surface area contributed by atoms with Gasteiger partial charge in [0.2, 0.25) is 0 Å². The second-order valence-corrected chi connectivity index (χ2v) is 6.75. The molecule has 0 heterocycles. The van der Waals surface area contributed by atoms with Crippen LogP contribution in [0.2, 0.25) is 0 Å². The van der Waals surface area contributed by atoms with Crippen LogP contribution >= 0.6 is 0 Å². The van der Waals surface area contributed by atoms with Crippen molar-refractivity contribution in [2.75, 3.05) is 6.61 Å². The van der Waals surface area contributed by atoms with Crippen LogP contribution in [0.25, 0.3) is 0 Å². The molecule has 27 heavy (non-hydrogen) atoms. The van der Waals surface area contributed by atoms with Crippen molar-refractivity contribution in [3.8, 4) is 0 Å². The van der Waals surface area contributed by atoms with Crippen molar-refractivity contribution < 1.29 is 18.3 Å². The fraction of sp³-hybridized carbons (Fsp3) is 0.435. The molecule has 0 saturated carbocycles. The Morgan fingerprint density at radius 1 is 1.04 bits per heavy atom. The maximum Gasteiger partial charge on any atom is 0.166 e. The van der Waals surface area contributed by atoms with E-state index in [1.807, 2.05) is 0 Å². The lowest BCUT2D eigenvalue weighted by Gasteiger charge is -2.15. The number of hydrogen-bond donors (Lipinski definition) is 0. The summed E-state index contributed by atoms with van der Waals surface area (Å²) < 4.78 is 34.2. The van der Waals surface area contributed by atoms with Crippen LogP contribution in [0.1, 0.15) is 46.5 Å². The van der Waals surface area contributed by atoms with Crippen LogP contribution in [-0.4, -0.2) is 12.9 Å². The molecule has 0 N–H and O–H groups in total. The molecule has 4 heteroatoms. The maximum absolute atomic E-state index is 14.4. The summed E-state index contributed by atoms with van der Waals surface area (Å²) in [6.45, 7) is 20.8. The first-order chi connectivity index (χ1) is 12.6. The Morgan fingerprint density at radius 2 is 1.67 bits per heavy atom. The number of allylic oxidation sites excluding steroid dienone is 7. The average Bonchev–Trinajstić information content (AvgIpc) is 2.67. The van der Waals surface area contributed by atoms with Crippen LogP contribution in [0.3, 0.4) is 0 Å². The predicted molar refractivity (Wildman–Crippen MR) is 109 cm³/mol. The zero-order valence-corrected chi connectivity index (χ0v) is 16.8. The molecule has 0 aliphatic carbocycles. The van der Waals surface area contributed by atoms with Gasteiger partial charge in [-0.1, -0.05) is 59.6 Å². The molecule has 0 saturated heterocycles. The Hall–Kier alpha value is -2.23. The van der Waals surface area contributed by atoms with E-state index in [4.69, 9.17) is 4.74 Å². The quantitative estimate of drug-likeness (QED) is 0.142. The van der Waals surface area contributed by atoms with E-state index in [0.29, 0.717) is 25.2 Å². The third-order valence-corrected chi connectivity index (χ3v) is 4.27. The summed E-state index contributed by atoms with van der Waals surface area (Å²) in [4.78, 5) is 10.7. The Bertz CT molecular complexity index is 626. The molecule has 0 aromatic heterocycles. The van der Waals surface area contributed by atoms with Crippen LogP contribution in [0.15, 0.2) is 72.6 Å². The van der Waals surface area contributed by atoms with E-state index in [0.717, 1.165) is 19.1 Å². The number of carbonyl (C=O) groups is 1. The SMILES string of the molecule is C=C(/C=C\C(=C)C(=C)/C(F)=C(/F)C(=C)C(C)CCC(C)C=O)OCCCC. The van der Waals surface area contributed by atoms with Crippen molar-refractivity contribution in [3.05, 3.63) is 72.6 Å². The van der Waals surface area contributed by atoms with Crippen molar-refractivity contribution in [2.24, 2.45) is 11.8 Å². The lowest BCUT2D eigenvalue weighted by Crippen LogP contribution is -2.05. The van der Waals surface area contributed by atoms with Gasteiger partial charge in [-0.15, -0.1) is 0 Å². The average molecular weight is 379 g/mol. The molecule has 2 unspecified atom stereocenters. The van der Waals surface area contributed by atoms with Gasteiger partial charge in [-0.25, -0.2) is 8.78 Å². The van der Waals surface area contributed by atoms with E-state index in [2.05, 4.69) is 33.2 Å². The highest BCUT2D eigenvalue weighted by molar-refractivity contribution is 5.52. The topological polar surface area (TPSA) is 26.3 Å². The number of carbonyl (C=O) groups excluding carboxylic acids is 1. The van der Waals surface area contributed by atoms with Crippen LogP contribution in [0.5, 0.6) is 0 Å². The molecule has 2 atom stereocenters. The van der Waals surface area contributed by atoms with E-state index in [9.17, 15) is 13.6 Å². The highest BCUT2D eigenvalue weighted by Crippen LogP contribution is 2.31. The number of halogens is 2. The summed E-state index contributed by atoms with van der Waals surface area (Å²) in [7, 11) is 0. The molecule has 0 fully saturated rings. The van der Waals surface area contributed by atoms with Gasteiger partial charge in [0, 0.05) is 11.5 Å². The smallest absolute Gasteiger partial charge is 0.166 e. The largest absolute Gasteiger partial charge is 0.494 e. The Balaban J connectivity index is 4.90. The first kappa shape index (κ1) is 24.8. The maximum atomic E-state index is 14.4. The zero-order chi connectivity index (χ0) is 21.0. The molecule has 0 rings (SSSR count). The van der Waals surface area contributed by atoms with Crippen LogP contribution in [0, 0.1) is 11.8 Å². The van der Waals surface area contributed by atoms with E-state index < -0.39 is 11.7 Å². The fourth-order valence-electron chi connectivity index (χ4n) is 2.08.